The number of nitrogens with zero attached hydrogens (tertiary/aromatic N) is 2. The zero-order valence-electron chi connectivity index (χ0n) is 11.6. The normalized spacial score (nSPS) is 23.8. The lowest BCUT2D eigenvalue weighted by Crippen LogP contribution is -2.38. The van der Waals surface area contributed by atoms with Crippen molar-refractivity contribution >= 4 is 22.3 Å². The minimum Gasteiger partial charge on any atom is -0.397 e. The lowest BCUT2D eigenvalue weighted by Gasteiger charge is -2.37. The van der Waals surface area contributed by atoms with E-state index < -0.39 is 0 Å². The third kappa shape index (κ3) is 2.25. The van der Waals surface area contributed by atoms with E-state index in [1.807, 2.05) is 18.3 Å². The Bertz CT molecular complexity index is 584. The van der Waals surface area contributed by atoms with E-state index in [9.17, 15) is 0 Å². The standard InChI is InChI=1S/C16H21N3/c1-11-8-12(2)10-19(9-11)15-6-5-14(17)16-13(15)4-3-7-18-16/h3-7,11-12H,8-10,17H2,1-2H3. The van der Waals surface area contributed by atoms with Crippen LogP contribution in [0, 0.1) is 11.8 Å². The molecule has 1 saturated heterocycles. The summed E-state index contributed by atoms with van der Waals surface area (Å²) in [6, 6.07) is 8.23. The Kier molecular flexibility index (Phi) is 3.05. The Balaban J connectivity index is 2.07. The first kappa shape index (κ1) is 12.3. The molecule has 2 atom stereocenters. The number of pyridine rings is 1. The van der Waals surface area contributed by atoms with Crippen molar-refractivity contribution in [2.45, 2.75) is 20.3 Å². The molecule has 100 valence electrons. The first-order chi connectivity index (χ1) is 9.15. The van der Waals surface area contributed by atoms with Gasteiger partial charge in [0, 0.05) is 30.4 Å². The van der Waals surface area contributed by atoms with Gasteiger partial charge in [0.25, 0.3) is 0 Å². The van der Waals surface area contributed by atoms with Gasteiger partial charge in [-0.15, -0.1) is 0 Å². The molecular weight excluding hydrogens is 234 g/mol. The van der Waals surface area contributed by atoms with Crippen LogP contribution in [0.2, 0.25) is 0 Å². The van der Waals surface area contributed by atoms with Crippen molar-refractivity contribution in [2.75, 3.05) is 23.7 Å². The first-order valence-electron chi connectivity index (χ1n) is 7.03. The molecule has 1 aliphatic rings. The van der Waals surface area contributed by atoms with Crippen LogP contribution in [0.5, 0.6) is 0 Å². The van der Waals surface area contributed by atoms with Crippen LogP contribution in [0.4, 0.5) is 11.4 Å². The van der Waals surface area contributed by atoms with Gasteiger partial charge in [0.2, 0.25) is 0 Å². The van der Waals surface area contributed by atoms with Crippen molar-refractivity contribution in [3.8, 4) is 0 Å². The van der Waals surface area contributed by atoms with Crippen LogP contribution in [-0.4, -0.2) is 18.1 Å². The van der Waals surface area contributed by atoms with Gasteiger partial charge >= 0.3 is 0 Å². The van der Waals surface area contributed by atoms with Crippen LogP contribution in [0.15, 0.2) is 30.5 Å². The summed E-state index contributed by atoms with van der Waals surface area (Å²) in [5, 5.41) is 1.17. The number of aromatic nitrogens is 1. The van der Waals surface area contributed by atoms with Gasteiger partial charge in [0.15, 0.2) is 0 Å². The maximum absolute atomic E-state index is 6.03. The number of rotatable bonds is 1. The Hall–Kier alpha value is -1.77. The van der Waals surface area contributed by atoms with E-state index in [0.717, 1.165) is 36.1 Å². The van der Waals surface area contributed by atoms with E-state index in [1.54, 1.807) is 0 Å². The van der Waals surface area contributed by atoms with Crippen LogP contribution < -0.4 is 10.6 Å². The van der Waals surface area contributed by atoms with E-state index in [-0.39, 0.29) is 0 Å². The molecule has 0 saturated carbocycles. The molecule has 2 aromatic rings. The monoisotopic (exact) mass is 255 g/mol. The summed E-state index contributed by atoms with van der Waals surface area (Å²) in [5.74, 6) is 1.49. The molecule has 1 fully saturated rings. The smallest absolute Gasteiger partial charge is 0.0951 e. The van der Waals surface area contributed by atoms with Gasteiger partial charge in [-0.2, -0.15) is 0 Å². The van der Waals surface area contributed by atoms with E-state index in [0.29, 0.717) is 0 Å². The number of nitrogens with two attached hydrogens (primary N) is 1. The molecule has 19 heavy (non-hydrogen) atoms. The molecule has 0 radical (unpaired) electrons. The summed E-state index contributed by atoms with van der Waals surface area (Å²) in [7, 11) is 0. The average molecular weight is 255 g/mol. The lowest BCUT2D eigenvalue weighted by molar-refractivity contribution is 0.357. The zero-order chi connectivity index (χ0) is 13.4. The number of hydrogen-bond donors (Lipinski definition) is 1. The summed E-state index contributed by atoms with van der Waals surface area (Å²) < 4.78 is 0. The number of benzene rings is 1. The fourth-order valence-corrected chi connectivity index (χ4v) is 3.31. The molecule has 3 nitrogen and oxygen atoms in total. The van der Waals surface area contributed by atoms with Crippen LogP contribution in [0.25, 0.3) is 10.9 Å². The summed E-state index contributed by atoms with van der Waals surface area (Å²) in [5.41, 5.74) is 8.99. The van der Waals surface area contributed by atoms with Crippen LogP contribution in [0.1, 0.15) is 20.3 Å². The molecule has 1 aromatic carbocycles. The Morgan fingerprint density at radius 2 is 1.89 bits per heavy atom. The third-order valence-corrected chi connectivity index (χ3v) is 3.99. The van der Waals surface area contributed by atoms with Crippen molar-refractivity contribution in [1.82, 2.24) is 4.98 Å². The molecule has 0 amide bonds. The lowest BCUT2D eigenvalue weighted by atomic mass is 9.91. The molecule has 1 aromatic heterocycles. The molecule has 2 heterocycles. The first-order valence-corrected chi connectivity index (χ1v) is 7.03. The highest BCUT2D eigenvalue weighted by atomic mass is 15.1. The fraction of sp³-hybridized carbons (Fsp3) is 0.438. The zero-order valence-corrected chi connectivity index (χ0v) is 11.6. The van der Waals surface area contributed by atoms with Crippen molar-refractivity contribution in [2.24, 2.45) is 11.8 Å². The molecule has 0 bridgehead atoms. The summed E-state index contributed by atoms with van der Waals surface area (Å²) in [6.45, 7) is 6.91. The largest absolute Gasteiger partial charge is 0.397 e. The number of fused-ring (bicyclic) bond motifs is 1. The van der Waals surface area contributed by atoms with Crippen molar-refractivity contribution in [3.63, 3.8) is 0 Å². The van der Waals surface area contributed by atoms with Gasteiger partial charge in [-0.3, -0.25) is 4.98 Å². The fourth-order valence-electron chi connectivity index (χ4n) is 3.31. The Morgan fingerprint density at radius 1 is 1.16 bits per heavy atom. The third-order valence-electron chi connectivity index (χ3n) is 3.99. The quantitative estimate of drug-likeness (QED) is 0.795. The predicted octanol–water partition coefficient (Wildman–Crippen LogP) is 3.30. The maximum Gasteiger partial charge on any atom is 0.0951 e. The van der Waals surface area contributed by atoms with Crippen LogP contribution in [0.3, 0.4) is 0 Å². The Labute approximate surface area is 114 Å². The number of hydrogen-bond acceptors (Lipinski definition) is 3. The van der Waals surface area contributed by atoms with E-state index in [1.165, 1.54) is 17.5 Å². The van der Waals surface area contributed by atoms with Gasteiger partial charge in [-0.1, -0.05) is 13.8 Å². The van der Waals surface area contributed by atoms with E-state index in [2.05, 4.69) is 35.9 Å². The summed E-state index contributed by atoms with van der Waals surface area (Å²) >= 11 is 0. The average Bonchev–Trinajstić information content (AvgIpc) is 2.38. The molecular formula is C16H21N3. The van der Waals surface area contributed by atoms with E-state index in [4.69, 9.17) is 5.73 Å². The topological polar surface area (TPSA) is 42.1 Å². The Morgan fingerprint density at radius 3 is 2.63 bits per heavy atom. The van der Waals surface area contributed by atoms with Crippen molar-refractivity contribution in [3.05, 3.63) is 30.5 Å². The SMILES string of the molecule is CC1CC(C)CN(c2ccc(N)c3ncccc23)C1. The number of nitrogen functional groups attached to an aromatic ring is 1. The van der Waals surface area contributed by atoms with Gasteiger partial charge in [-0.25, -0.2) is 0 Å². The second-order valence-corrected chi connectivity index (χ2v) is 5.92. The van der Waals surface area contributed by atoms with Crippen LogP contribution in [-0.2, 0) is 0 Å². The van der Waals surface area contributed by atoms with Crippen LogP contribution >= 0.6 is 0 Å². The highest BCUT2D eigenvalue weighted by molar-refractivity contribution is 5.98. The maximum atomic E-state index is 6.03. The molecule has 3 rings (SSSR count). The van der Waals surface area contributed by atoms with Crippen molar-refractivity contribution < 1.29 is 0 Å². The molecule has 2 N–H and O–H groups in total. The molecule has 1 aliphatic heterocycles. The van der Waals surface area contributed by atoms with Gasteiger partial charge < -0.3 is 10.6 Å². The van der Waals surface area contributed by atoms with Gasteiger partial charge in [0.1, 0.15) is 0 Å². The second-order valence-electron chi connectivity index (χ2n) is 5.92. The minimum atomic E-state index is 0.744. The molecule has 2 unspecified atom stereocenters. The van der Waals surface area contributed by atoms with Crippen molar-refractivity contribution in [1.29, 1.82) is 0 Å². The highest BCUT2D eigenvalue weighted by Crippen LogP contribution is 2.33. The number of anilines is 2. The second kappa shape index (κ2) is 4.72. The summed E-state index contributed by atoms with van der Waals surface area (Å²) in [6.07, 6.45) is 3.13. The van der Waals surface area contributed by atoms with E-state index >= 15 is 0 Å². The highest BCUT2D eigenvalue weighted by Gasteiger charge is 2.23. The summed E-state index contributed by atoms with van der Waals surface area (Å²) in [4.78, 5) is 6.91. The van der Waals surface area contributed by atoms with Gasteiger partial charge in [-0.05, 0) is 42.5 Å². The molecule has 3 heteroatoms. The minimum absolute atomic E-state index is 0.744. The molecule has 0 aliphatic carbocycles. The van der Waals surface area contributed by atoms with Gasteiger partial charge in [0.05, 0.1) is 11.2 Å². The molecule has 0 spiro atoms. The number of piperidine rings is 1. The predicted molar refractivity (Wildman–Crippen MR) is 81.3 cm³/mol.